The fraction of sp³-hybridized carbons (Fsp3) is 0.846. The van der Waals surface area contributed by atoms with Crippen LogP contribution in [0.25, 0.3) is 0 Å². The van der Waals surface area contributed by atoms with Gasteiger partial charge in [-0.2, -0.15) is 0 Å². The Bertz CT molecular complexity index is 308. The lowest BCUT2D eigenvalue weighted by molar-refractivity contribution is -0.132. The van der Waals surface area contributed by atoms with E-state index in [4.69, 9.17) is 10.5 Å². The lowest BCUT2D eigenvalue weighted by Gasteiger charge is -2.33. The number of amides is 2. The van der Waals surface area contributed by atoms with Crippen LogP contribution in [0, 0.1) is 0 Å². The lowest BCUT2D eigenvalue weighted by atomic mass is 10.0. The van der Waals surface area contributed by atoms with E-state index in [0.29, 0.717) is 26.0 Å². The molecule has 19 heavy (non-hydrogen) atoms. The van der Waals surface area contributed by atoms with Crippen molar-refractivity contribution in [1.82, 2.24) is 10.2 Å². The number of carbonyl (C=O) groups is 2. The van der Waals surface area contributed by atoms with Gasteiger partial charge in [0.15, 0.2) is 0 Å². The second kappa shape index (κ2) is 7.99. The van der Waals surface area contributed by atoms with Crippen LogP contribution in [-0.2, 0) is 9.53 Å². The molecule has 0 bridgehead atoms. The summed E-state index contributed by atoms with van der Waals surface area (Å²) in [6.07, 6.45) is 2.56. The predicted octanol–water partition coefficient (Wildman–Crippen LogP) is 0.851. The van der Waals surface area contributed by atoms with Crippen molar-refractivity contribution in [3.8, 4) is 0 Å². The molecule has 110 valence electrons. The molecule has 1 saturated heterocycles. The Morgan fingerprint density at radius 2 is 2.26 bits per heavy atom. The molecule has 6 heteroatoms. The number of hydrogen-bond donors (Lipinski definition) is 2. The van der Waals surface area contributed by atoms with Crippen LogP contribution in [0.4, 0.5) is 4.79 Å². The number of alkyl carbamates (subject to hydrolysis) is 1. The molecule has 1 fully saturated rings. The highest BCUT2D eigenvalue weighted by Crippen LogP contribution is 2.12. The summed E-state index contributed by atoms with van der Waals surface area (Å²) in [6, 6.07) is 0.0363. The van der Waals surface area contributed by atoms with Gasteiger partial charge in [-0.25, -0.2) is 4.79 Å². The van der Waals surface area contributed by atoms with Gasteiger partial charge in [-0.1, -0.05) is 0 Å². The van der Waals surface area contributed by atoms with Crippen LogP contribution in [0.2, 0.25) is 0 Å². The second-order valence-electron chi connectivity index (χ2n) is 5.06. The van der Waals surface area contributed by atoms with Crippen molar-refractivity contribution >= 4 is 12.0 Å². The Balaban J connectivity index is 2.36. The highest BCUT2D eigenvalue weighted by atomic mass is 16.5. The molecule has 0 aromatic heterocycles. The van der Waals surface area contributed by atoms with Crippen LogP contribution in [0.15, 0.2) is 0 Å². The van der Waals surface area contributed by atoms with Crippen LogP contribution < -0.4 is 11.1 Å². The monoisotopic (exact) mass is 271 g/mol. The highest BCUT2D eigenvalue weighted by molar-refractivity contribution is 5.76. The summed E-state index contributed by atoms with van der Waals surface area (Å²) in [6.45, 7) is 5.35. The van der Waals surface area contributed by atoms with Gasteiger partial charge in [0.25, 0.3) is 0 Å². The van der Waals surface area contributed by atoms with E-state index in [1.165, 1.54) is 0 Å². The summed E-state index contributed by atoms with van der Waals surface area (Å²) >= 11 is 0. The summed E-state index contributed by atoms with van der Waals surface area (Å²) in [5, 5.41) is 2.79. The smallest absolute Gasteiger partial charge is 0.407 e. The Kier molecular flexibility index (Phi) is 6.62. The first kappa shape index (κ1) is 15.8. The third-order valence-electron chi connectivity index (χ3n) is 3.19. The molecule has 2 atom stereocenters. The fourth-order valence-electron chi connectivity index (χ4n) is 2.17. The Morgan fingerprint density at radius 3 is 2.89 bits per heavy atom. The first-order chi connectivity index (χ1) is 9.02. The summed E-state index contributed by atoms with van der Waals surface area (Å²) < 4.78 is 4.85. The van der Waals surface area contributed by atoms with Gasteiger partial charge in [0.2, 0.25) is 5.91 Å². The number of likely N-dealkylation sites (tertiary alicyclic amines) is 1. The van der Waals surface area contributed by atoms with Gasteiger partial charge in [-0.05, 0) is 33.1 Å². The number of nitrogens with one attached hydrogen (secondary N) is 1. The molecule has 1 aliphatic heterocycles. The standard InChI is InChI=1S/C13H25N3O3/c1-3-19-13(18)15-11-5-4-8-16(9-11)12(17)7-6-10(2)14/h10-11H,3-9,14H2,1-2H3,(H,15,18). The number of nitrogens with two attached hydrogens (primary N) is 1. The molecule has 0 radical (unpaired) electrons. The number of nitrogens with zero attached hydrogens (tertiary/aromatic N) is 1. The van der Waals surface area contributed by atoms with E-state index in [1.54, 1.807) is 6.92 Å². The Labute approximate surface area is 114 Å². The first-order valence-electron chi connectivity index (χ1n) is 6.99. The minimum Gasteiger partial charge on any atom is -0.450 e. The molecule has 1 rings (SSSR count). The molecule has 0 saturated carbocycles. The van der Waals surface area contributed by atoms with Crippen molar-refractivity contribution in [2.24, 2.45) is 5.73 Å². The van der Waals surface area contributed by atoms with Crippen LogP contribution in [0.5, 0.6) is 0 Å². The summed E-state index contributed by atoms with van der Waals surface area (Å²) in [4.78, 5) is 25.1. The first-order valence-corrected chi connectivity index (χ1v) is 6.99. The average molecular weight is 271 g/mol. The van der Waals surface area contributed by atoms with Gasteiger partial charge < -0.3 is 20.7 Å². The maximum absolute atomic E-state index is 12.0. The minimum atomic E-state index is -0.405. The van der Waals surface area contributed by atoms with E-state index in [-0.39, 0.29) is 18.0 Å². The maximum atomic E-state index is 12.0. The third kappa shape index (κ3) is 5.92. The number of ether oxygens (including phenoxy) is 1. The van der Waals surface area contributed by atoms with Gasteiger partial charge in [-0.3, -0.25) is 4.79 Å². The molecule has 3 N–H and O–H groups in total. The number of hydrogen-bond acceptors (Lipinski definition) is 4. The number of rotatable bonds is 5. The quantitative estimate of drug-likeness (QED) is 0.776. The normalized spacial score (nSPS) is 20.8. The summed E-state index contributed by atoms with van der Waals surface area (Å²) in [7, 11) is 0. The number of piperidine rings is 1. The van der Waals surface area contributed by atoms with Crippen LogP contribution in [0.3, 0.4) is 0 Å². The highest BCUT2D eigenvalue weighted by Gasteiger charge is 2.24. The minimum absolute atomic E-state index is 0.00736. The Morgan fingerprint density at radius 1 is 1.53 bits per heavy atom. The van der Waals surface area contributed by atoms with Gasteiger partial charge in [0, 0.05) is 31.6 Å². The molecule has 2 unspecified atom stereocenters. The average Bonchev–Trinajstić information content (AvgIpc) is 2.36. The van der Waals surface area contributed by atoms with Gasteiger partial charge >= 0.3 is 6.09 Å². The zero-order valence-corrected chi connectivity index (χ0v) is 11.9. The SMILES string of the molecule is CCOC(=O)NC1CCCN(C(=O)CCC(C)N)C1. The molecule has 2 amide bonds. The van der Waals surface area contributed by atoms with Crippen molar-refractivity contribution < 1.29 is 14.3 Å². The van der Waals surface area contributed by atoms with E-state index in [2.05, 4.69) is 5.32 Å². The third-order valence-corrected chi connectivity index (χ3v) is 3.19. The molecule has 1 heterocycles. The van der Waals surface area contributed by atoms with Crippen LogP contribution in [0.1, 0.15) is 39.5 Å². The predicted molar refractivity (Wildman–Crippen MR) is 72.6 cm³/mol. The molecule has 0 aromatic carbocycles. The van der Waals surface area contributed by atoms with Gasteiger partial charge in [0.1, 0.15) is 0 Å². The molecule has 0 aromatic rings. The summed E-state index contributed by atoms with van der Waals surface area (Å²) in [5.74, 6) is 0.118. The van der Waals surface area contributed by atoms with Crippen LogP contribution >= 0.6 is 0 Å². The molecule has 0 spiro atoms. The largest absolute Gasteiger partial charge is 0.450 e. The number of carbonyl (C=O) groups excluding carboxylic acids is 2. The van der Waals surface area contributed by atoms with E-state index >= 15 is 0 Å². The van der Waals surface area contributed by atoms with Crippen molar-refractivity contribution in [1.29, 1.82) is 0 Å². The molecule has 0 aliphatic carbocycles. The van der Waals surface area contributed by atoms with Crippen molar-refractivity contribution in [2.45, 2.75) is 51.6 Å². The molecular weight excluding hydrogens is 246 g/mol. The zero-order chi connectivity index (χ0) is 14.3. The van der Waals surface area contributed by atoms with Crippen molar-refractivity contribution in [3.63, 3.8) is 0 Å². The van der Waals surface area contributed by atoms with Crippen molar-refractivity contribution in [2.75, 3.05) is 19.7 Å². The van der Waals surface area contributed by atoms with E-state index in [9.17, 15) is 9.59 Å². The Hall–Kier alpha value is -1.30. The summed E-state index contributed by atoms with van der Waals surface area (Å²) in [5.41, 5.74) is 5.65. The van der Waals surface area contributed by atoms with E-state index in [1.807, 2.05) is 11.8 Å². The zero-order valence-electron chi connectivity index (χ0n) is 11.9. The van der Waals surface area contributed by atoms with E-state index in [0.717, 1.165) is 19.4 Å². The fourth-order valence-corrected chi connectivity index (χ4v) is 2.17. The second-order valence-corrected chi connectivity index (χ2v) is 5.06. The molecule has 6 nitrogen and oxygen atoms in total. The molecule has 1 aliphatic rings. The topological polar surface area (TPSA) is 84.7 Å². The van der Waals surface area contributed by atoms with Crippen molar-refractivity contribution in [3.05, 3.63) is 0 Å². The maximum Gasteiger partial charge on any atom is 0.407 e. The molecular formula is C13H25N3O3. The van der Waals surface area contributed by atoms with Crippen LogP contribution in [-0.4, -0.2) is 48.7 Å². The van der Waals surface area contributed by atoms with Gasteiger partial charge in [-0.15, -0.1) is 0 Å². The lowest BCUT2D eigenvalue weighted by Crippen LogP contribution is -2.49. The van der Waals surface area contributed by atoms with Gasteiger partial charge in [0.05, 0.1) is 6.61 Å². The van der Waals surface area contributed by atoms with E-state index < -0.39 is 6.09 Å².